The number of rotatable bonds is 2. The smallest absolute Gasteiger partial charge is 0.323 e. The van der Waals surface area contributed by atoms with E-state index in [0.717, 1.165) is 8.96 Å². The van der Waals surface area contributed by atoms with E-state index in [1.54, 1.807) is 12.1 Å². The van der Waals surface area contributed by atoms with Gasteiger partial charge in [-0.1, -0.05) is 0 Å². The Morgan fingerprint density at radius 3 is 2.81 bits per heavy atom. The highest BCUT2D eigenvalue weighted by molar-refractivity contribution is 14.1. The van der Waals surface area contributed by atoms with Gasteiger partial charge in [0.15, 0.2) is 0 Å². The summed E-state index contributed by atoms with van der Waals surface area (Å²) < 4.78 is 2.23. The second kappa shape index (κ2) is 4.25. The first kappa shape index (κ1) is 11.1. The Bertz CT molecular complexity index is 618. The van der Waals surface area contributed by atoms with Gasteiger partial charge in [-0.05, 0) is 52.2 Å². The van der Waals surface area contributed by atoms with Crippen molar-refractivity contribution in [2.24, 2.45) is 0 Å². The van der Waals surface area contributed by atoms with Crippen LogP contribution in [0.25, 0.3) is 10.8 Å². The number of pyridine rings is 1. The summed E-state index contributed by atoms with van der Waals surface area (Å²) in [6, 6.07) is 7.19. The quantitative estimate of drug-likeness (QED) is 0.853. The zero-order valence-electron chi connectivity index (χ0n) is 8.18. The first-order valence-corrected chi connectivity index (χ1v) is 5.66. The van der Waals surface area contributed by atoms with Crippen LogP contribution >= 0.6 is 22.6 Å². The van der Waals surface area contributed by atoms with Crippen molar-refractivity contribution < 1.29 is 9.90 Å². The third kappa shape index (κ3) is 2.08. The van der Waals surface area contributed by atoms with Crippen LogP contribution in [0.15, 0.2) is 35.3 Å². The maximum Gasteiger partial charge on any atom is 0.323 e. The molecule has 0 radical (unpaired) electrons. The lowest BCUT2D eigenvalue weighted by Gasteiger charge is -2.04. The highest BCUT2D eigenvalue weighted by Crippen LogP contribution is 2.13. The first-order valence-electron chi connectivity index (χ1n) is 4.58. The molecule has 1 heterocycles. The normalized spacial score (nSPS) is 10.6. The number of carboxylic acid groups (broad SMARTS) is 1. The van der Waals surface area contributed by atoms with Crippen LogP contribution in [0.2, 0.25) is 0 Å². The predicted molar refractivity (Wildman–Crippen MR) is 68.6 cm³/mol. The molecule has 0 atom stereocenters. The molecule has 0 aliphatic heterocycles. The number of benzene rings is 1. The van der Waals surface area contributed by atoms with Gasteiger partial charge in [-0.2, -0.15) is 0 Å². The van der Waals surface area contributed by atoms with Crippen molar-refractivity contribution in [2.45, 2.75) is 6.54 Å². The number of aliphatic carboxylic acids is 1. The Morgan fingerprint density at radius 1 is 1.38 bits per heavy atom. The number of nitrogens with zero attached hydrogens (tertiary/aromatic N) is 1. The number of hydrogen-bond donors (Lipinski definition) is 1. The lowest BCUT2D eigenvalue weighted by Crippen LogP contribution is -2.23. The topological polar surface area (TPSA) is 59.3 Å². The van der Waals surface area contributed by atoms with Crippen molar-refractivity contribution in [3.63, 3.8) is 0 Å². The number of hydrogen-bond acceptors (Lipinski definition) is 2. The molecular weight excluding hydrogens is 321 g/mol. The second-order valence-electron chi connectivity index (χ2n) is 3.37. The fourth-order valence-corrected chi connectivity index (χ4v) is 2.04. The number of carbonyl (C=O) groups is 1. The van der Waals surface area contributed by atoms with Gasteiger partial charge in [-0.25, -0.2) is 0 Å². The van der Waals surface area contributed by atoms with Gasteiger partial charge in [0.25, 0.3) is 5.56 Å². The molecule has 2 rings (SSSR count). The molecule has 16 heavy (non-hydrogen) atoms. The Morgan fingerprint density at radius 2 is 2.12 bits per heavy atom. The molecule has 0 saturated carbocycles. The molecule has 4 nitrogen and oxygen atoms in total. The van der Waals surface area contributed by atoms with Gasteiger partial charge in [0.1, 0.15) is 6.54 Å². The zero-order valence-corrected chi connectivity index (χ0v) is 10.3. The Hall–Kier alpha value is -1.37. The van der Waals surface area contributed by atoms with Gasteiger partial charge in [0, 0.05) is 15.2 Å². The predicted octanol–water partition coefficient (Wildman–Crippen LogP) is 1.69. The summed E-state index contributed by atoms with van der Waals surface area (Å²) in [4.78, 5) is 22.4. The third-order valence-electron chi connectivity index (χ3n) is 2.24. The first-order chi connectivity index (χ1) is 7.58. The van der Waals surface area contributed by atoms with E-state index in [-0.39, 0.29) is 12.1 Å². The van der Waals surface area contributed by atoms with E-state index in [0.29, 0.717) is 5.39 Å². The second-order valence-corrected chi connectivity index (χ2v) is 4.62. The standard InChI is InChI=1S/C11H8INO3/c12-8-1-2-9-7(5-8)3-4-13(11(9)16)6-10(14)15/h1-5H,6H2,(H,14,15). The van der Waals surface area contributed by atoms with Gasteiger partial charge < -0.3 is 9.67 Å². The van der Waals surface area contributed by atoms with E-state index >= 15 is 0 Å². The molecule has 5 heteroatoms. The SMILES string of the molecule is O=C(O)Cn1ccc2cc(I)ccc2c1=O. The minimum Gasteiger partial charge on any atom is -0.480 e. The maximum atomic E-state index is 11.9. The molecule has 0 fully saturated rings. The molecule has 82 valence electrons. The van der Waals surface area contributed by atoms with Crippen molar-refractivity contribution in [1.29, 1.82) is 0 Å². The van der Waals surface area contributed by atoms with E-state index in [1.807, 2.05) is 12.1 Å². The lowest BCUT2D eigenvalue weighted by molar-refractivity contribution is -0.137. The number of aromatic nitrogens is 1. The fourth-order valence-electron chi connectivity index (χ4n) is 1.53. The maximum absolute atomic E-state index is 11.9. The van der Waals surface area contributed by atoms with Crippen LogP contribution in [0, 0.1) is 3.57 Å². The Labute approximate surface area is 105 Å². The summed E-state index contributed by atoms with van der Waals surface area (Å²) in [5.74, 6) is -1.02. The molecule has 0 unspecified atom stereocenters. The number of fused-ring (bicyclic) bond motifs is 1. The van der Waals surface area contributed by atoms with Crippen molar-refractivity contribution in [3.05, 3.63) is 44.4 Å². The largest absolute Gasteiger partial charge is 0.480 e. The van der Waals surface area contributed by atoms with E-state index in [2.05, 4.69) is 22.6 Å². The van der Waals surface area contributed by atoms with Crippen LogP contribution in [0.1, 0.15) is 0 Å². The average molecular weight is 329 g/mol. The van der Waals surface area contributed by atoms with E-state index in [1.165, 1.54) is 10.8 Å². The molecule has 1 aromatic carbocycles. The summed E-state index contributed by atoms with van der Waals surface area (Å²) in [6.07, 6.45) is 1.51. The van der Waals surface area contributed by atoms with E-state index in [4.69, 9.17) is 5.11 Å². The molecular formula is C11H8INO3. The van der Waals surface area contributed by atoms with Crippen LogP contribution in [-0.4, -0.2) is 15.6 Å². The summed E-state index contributed by atoms with van der Waals surface area (Å²) in [6.45, 7) is -0.305. The molecule has 0 spiro atoms. The zero-order chi connectivity index (χ0) is 11.7. The van der Waals surface area contributed by atoms with Crippen LogP contribution in [0.4, 0.5) is 0 Å². The van der Waals surface area contributed by atoms with Gasteiger partial charge >= 0.3 is 5.97 Å². The van der Waals surface area contributed by atoms with Gasteiger partial charge in [-0.3, -0.25) is 9.59 Å². The highest BCUT2D eigenvalue weighted by atomic mass is 127. The Balaban J connectivity index is 2.66. The van der Waals surface area contributed by atoms with Crippen LogP contribution in [0.5, 0.6) is 0 Å². The minimum absolute atomic E-state index is 0.267. The van der Waals surface area contributed by atoms with Crippen LogP contribution in [0.3, 0.4) is 0 Å². The van der Waals surface area contributed by atoms with E-state index in [9.17, 15) is 9.59 Å². The highest BCUT2D eigenvalue weighted by Gasteiger charge is 2.05. The van der Waals surface area contributed by atoms with Gasteiger partial charge in [0.2, 0.25) is 0 Å². The summed E-state index contributed by atoms with van der Waals surface area (Å²) in [7, 11) is 0. The summed E-state index contributed by atoms with van der Waals surface area (Å²) in [5.41, 5.74) is -0.267. The monoisotopic (exact) mass is 329 g/mol. The molecule has 0 aliphatic carbocycles. The molecule has 0 saturated heterocycles. The lowest BCUT2D eigenvalue weighted by atomic mass is 10.2. The molecule has 1 aromatic heterocycles. The average Bonchev–Trinajstić information content (AvgIpc) is 2.22. The molecule has 0 bridgehead atoms. The third-order valence-corrected chi connectivity index (χ3v) is 2.92. The summed E-state index contributed by atoms with van der Waals surface area (Å²) >= 11 is 2.17. The van der Waals surface area contributed by atoms with Crippen molar-refractivity contribution in [3.8, 4) is 0 Å². The van der Waals surface area contributed by atoms with Crippen molar-refractivity contribution in [1.82, 2.24) is 4.57 Å². The summed E-state index contributed by atoms with van der Waals surface area (Å²) in [5, 5.41) is 10.0. The van der Waals surface area contributed by atoms with Crippen LogP contribution < -0.4 is 5.56 Å². The fraction of sp³-hybridized carbons (Fsp3) is 0.0909. The molecule has 1 N–H and O–H groups in total. The van der Waals surface area contributed by atoms with Crippen LogP contribution in [-0.2, 0) is 11.3 Å². The Kier molecular flexibility index (Phi) is 2.95. The number of carboxylic acids is 1. The number of halogens is 1. The van der Waals surface area contributed by atoms with Gasteiger partial charge in [-0.15, -0.1) is 0 Å². The minimum atomic E-state index is -1.02. The van der Waals surface area contributed by atoms with E-state index < -0.39 is 5.97 Å². The molecule has 2 aromatic rings. The van der Waals surface area contributed by atoms with Crippen molar-refractivity contribution in [2.75, 3.05) is 0 Å². The van der Waals surface area contributed by atoms with Gasteiger partial charge in [0.05, 0.1) is 0 Å². The molecule has 0 amide bonds. The molecule has 0 aliphatic rings. The van der Waals surface area contributed by atoms with Crippen molar-refractivity contribution >= 4 is 39.3 Å².